The SMILES string of the molecule is CC(=O)Nc1nc(C(=O)N2c3ccccc3C[C@@H]2C)cs1. The van der Waals surface area contributed by atoms with Crippen molar-refractivity contribution in [3.05, 3.63) is 40.9 Å². The molecule has 2 aromatic rings. The summed E-state index contributed by atoms with van der Waals surface area (Å²) < 4.78 is 0. The Bertz CT molecular complexity index is 710. The van der Waals surface area contributed by atoms with Crippen LogP contribution in [0.2, 0.25) is 0 Å². The number of carbonyl (C=O) groups is 2. The molecular weight excluding hydrogens is 286 g/mol. The molecule has 0 radical (unpaired) electrons. The molecule has 6 heteroatoms. The average molecular weight is 301 g/mol. The van der Waals surface area contributed by atoms with Gasteiger partial charge in [-0.1, -0.05) is 18.2 Å². The number of aromatic nitrogens is 1. The van der Waals surface area contributed by atoms with Crippen LogP contribution in [-0.4, -0.2) is 22.8 Å². The summed E-state index contributed by atoms with van der Waals surface area (Å²) in [5.41, 5.74) is 2.49. The Labute approximate surface area is 126 Å². The Morgan fingerprint density at radius 2 is 2.14 bits per heavy atom. The Morgan fingerprint density at radius 3 is 2.90 bits per heavy atom. The third-order valence-corrected chi connectivity index (χ3v) is 4.19. The van der Waals surface area contributed by atoms with Gasteiger partial charge in [-0.05, 0) is 25.0 Å². The van der Waals surface area contributed by atoms with Crippen LogP contribution in [0, 0.1) is 0 Å². The van der Waals surface area contributed by atoms with E-state index in [-0.39, 0.29) is 17.9 Å². The predicted molar refractivity (Wildman–Crippen MR) is 82.8 cm³/mol. The molecule has 3 rings (SSSR count). The molecule has 21 heavy (non-hydrogen) atoms. The van der Waals surface area contributed by atoms with E-state index in [0.717, 1.165) is 12.1 Å². The molecule has 0 fully saturated rings. The molecule has 5 nitrogen and oxygen atoms in total. The van der Waals surface area contributed by atoms with Crippen molar-refractivity contribution >= 4 is 34.0 Å². The fraction of sp³-hybridized carbons (Fsp3) is 0.267. The van der Waals surface area contributed by atoms with Gasteiger partial charge in [0.1, 0.15) is 5.69 Å². The minimum atomic E-state index is -0.191. The van der Waals surface area contributed by atoms with E-state index in [1.54, 1.807) is 10.3 Å². The summed E-state index contributed by atoms with van der Waals surface area (Å²) >= 11 is 1.26. The molecule has 1 atom stereocenters. The zero-order chi connectivity index (χ0) is 15.0. The molecule has 0 spiro atoms. The Balaban J connectivity index is 1.88. The zero-order valence-corrected chi connectivity index (χ0v) is 12.6. The van der Waals surface area contributed by atoms with Crippen LogP contribution in [0.25, 0.3) is 0 Å². The lowest BCUT2D eigenvalue weighted by Crippen LogP contribution is -2.35. The molecule has 0 unspecified atom stereocenters. The third kappa shape index (κ3) is 2.54. The second-order valence-electron chi connectivity index (χ2n) is 5.08. The van der Waals surface area contributed by atoms with Crippen molar-refractivity contribution in [3.63, 3.8) is 0 Å². The second kappa shape index (κ2) is 5.29. The highest BCUT2D eigenvalue weighted by atomic mass is 32.1. The summed E-state index contributed by atoms with van der Waals surface area (Å²) in [6.45, 7) is 3.45. The van der Waals surface area contributed by atoms with E-state index in [2.05, 4.69) is 10.3 Å². The number of rotatable bonds is 2. The first-order valence-corrected chi connectivity index (χ1v) is 7.59. The largest absolute Gasteiger partial charge is 0.304 e. The van der Waals surface area contributed by atoms with E-state index in [1.807, 2.05) is 31.2 Å². The number of nitrogens with one attached hydrogen (secondary N) is 1. The lowest BCUT2D eigenvalue weighted by molar-refractivity contribution is -0.114. The van der Waals surface area contributed by atoms with Gasteiger partial charge in [0, 0.05) is 24.0 Å². The quantitative estimate of drug-likeness (QED) is 0.927. The Morgan fingerprint density at radius 1 is 1.38 bits per heavy atom. The van der Waals surface area contributed by atoms with Crippen molar-refractivity contribution < 1.29 is 9.59 Å². The zero-order valence-electron chi connectivity index (χ0n) is 11.8. The molecule has 1 N–H and O–H groups in total. The molecule has 0 aliphatic carbocycles. The van der Waals surface area contributed by atoms with Crippen molar-refractivity contribution in [2.24, 2.45) is 0 Å². The molecule has 2 heterocycles. The van der Waals surface area contributed by atoms with Crippen molar-refractivity contribution in [3.8, 4) is 0 Å². The Kier molecular flexibility index (Phi) is 3.47. The summed E-state index contributed by atoms with van der Waals surface area (Å²) in [5.74, 6) is -0.316. The molecule has 1 aromatic heterocycles. The van der Waals surface area contributed by atoms with Crippen LogP contribution >= 0.6 is 11.3 Å². The number of fused-ring (bicyclic) bond motifs is 1. The van der Waals surface area contributed by atoms with Gasteiger partial charge < -0.3 is 10.2 Å². The highest BCUT2D eigenvalue weighted by molar-refractivity contribution is 7.14. The maximum absolute atomic E-state index is 12.7. The minimum absolute atomic E-state index is 0.112. The van der Waals surface area contributed by atoms with Crippen LogP contribution in [0.4, 0.5) is 10.8 Å². The fourth-order valence-electron chi connectivity index (χ4n) is 2.58. The van der Waals surface area contributed by atoms with Gasteiger partial charge in [-0.15, -0.1) is 11.3 Å². The number of para-hydroxylation sites is 1. The lowest BCUT2D eigenvalue weighted by atomic mass is 10.1. The van der Waals surface area contributed by atoms with Crippen LogP contribution in [0.5, 0.6) is 0 Å². The molecule has 1 aliphatic heterocycles. The molecule has 1 aliphatic rings. The summed E-state index contributed by atoms with van der Waals surface area (Å²) in [7, 11) is 0. The first kappa shape index (κ1) is 13.8. The molecular formula is C15H15N3O2S. The van der Waals surface area contributed by atoms with Crippen molar-refractivity contribution in [1.82, 2.24) is 4.98 Å². The minimum Gasteiger partial charge on any atom is -0.304 e. The van der Waals surface area contributed by atoms with E-state index in [9.17, 15) is 9.59 Å². The molecule has 108 valence electrons. The van der Waals surface area contributed by atoms with Crippen LogP contribution in [0.1, 0.15) is 29.9 Å². The number of amides is 2. The van der Waals surface area contributed by atoms with Gasteiger partial charge in [-0.2, -0.15) is 0 Å². The first-order chi connectivity index (χ1) is 10.1. The van der Waals surface area contributed by atoms with Crippen LogP contribution < -0.4 is 10.2 Å². The predicted octanol–water partition coefficient (Wildman–Crippen LogP) is 2.69. The molecule has 0 saturated heterocycles. The lowest BCUT2D eigenvalue weighted by Gasteiger charge is -2.21. The number of hydrogen-bond donors (Lipinski definition) is 1. The maximum atomic E-state index is 12.7. The number of carbonyl (C=O) groups excluding carboxylic acids is 2. The number of hydrogen-bond acceptors (Lipinski definition) is 4. The molecule has 0 bridgehead atoms. The van der Waals surface area contributed by atoms with Gasteiger partial charge in [0.25, 0.3) is 5.91 Å². The summed E-state index contributed by atoms with van der Waals surface area (Å²) in [6.07, 6.45) is 0.852. The van der Waals surface area contributed by atoms with Gasteiger partial charge in [0.15, 0.2) is 5.13 Å². The highest BCUT2D eigenvalue weighted by Gasteiger charge is 2.32. The van der Waals surface area contributed by atoms with Gasteiger partial charge in [0.2, 0.25) is 5.91 Å². The fourth-order valence-corrected chi connectivity index (χ4v) is 3.31. The summed E-state index contributed by atoms with van der Waals surface area (Å²) in [4.78, 5) is 29.7. The molecule has 1 aromatic carbocycles. The number of benzene rings is 1. The van der Waals surface area contributed by atoms with Crippen molar-refractivity contribution in [2.45, 2.75) is 26.3 Å². The van der Waals surface area contributed by atoms with Crippen molar-refractivity contribution in [1.29, 1.82) is 0 Å². The van der Waals surface area contributed by atoms with Gasteiger partial charge in [0.05, 0.1) is 0 Å². The monoisotopic (exact) mass is 301 g/mol. The van der Waals surface area contributed by atoms with E-state index < -0.39 is 0 Å². The second-order valence-corrected chi connectivity index (χ2v) is 5.93. The number of thiazole rings is 1. The standard InChI is InChI=1S/C15H15N3O2S/c1-9-7-11-5-3-4-6-13(11)18(9)14(20)12-8-21-15(17-12)16-10(2)19/h3-6,8-9H,7H2,1-2H3,(H,16,17,19)/t9-/m0/s1. The van der Waals surface area contributed by atoms with E-state index >= 15 is 0 Å². The van der Waals surface area contributed by atoms with E-state index in [1.165, 1.54) is 23.8 Å². The van der Waals surface area contributed by atoms with Crippen LogP contribution in [0.15, 0.2) is 29.6 Å². The third-order valence-electron chi connectivity index (χ3n) is 3.43. The maximum Gasteiger partial charge on any atom is 0.278 e. The normalized spacial score (nSPS) is 16.7. The van der Waals surface area contributed by atoms with Crippen LogP contribution in [0.3, 0.4) is 0 Å². The molecule has 0 saturated carbocycles. The van der Waals surface area contributed by atoms with Gasteiger partial charge in [-0.3, -0.25) is 9.59 Å². The summed E-state index contributed by atoms with van der Waals surface area (Å²) in [5, 5.41) is 4.73. The highest BCUT2D eigenvalue weighted by Crippen LogP contribution is 2.33. The van der Waals surface area contributed by atoms with E-state index in [0.29, 0.717) is 10.8 Å². The smallest absolute Gasteiger partial charge is 0.278 e. The number of anilines is 2. The van der Waals surface area contributed by atoms with Gasteiger partial charge >= 0.3 is 0 Å². The topological polar surface area (TPSA) is 62.3 Å². The van der Waals surface area contributed by atoms with Crippen LogP contribution in [-0.2, 0) is 11.2 Å². The Hall–Kier alpha value is -2.21. The van der Waals surface area contributed by atoms with Gasteiger partial charge in [-0.25, -0.2) is 4.98 Å². The molecule has 2 amide bonds. The van der Waals surface area contributed by atoms with Crippen molar-refractivity contribution in [2.75, 3.05) is 10.2 Å². The summed E-state index contributed by atoms with van der Waals surface area (Å²) in [6, 6.07) is 8.03. The average Bonchev–Trinajstić information content (AvgIpc) is 3.00. The first-order valence-electron chi connectivity index (χ1n) is 6.71. The number of nitrogens with zero attached hydrogens (tertiary/aromatic N) is 2. The van der Waals surface area contributed by atoms with E-state index in [4.69, 9.17) is 0 Å².